The number of hydrogen-bond donors (Lipinski definition) is 0. The highest BCUT2D eigenvalue weighted by molar-refractivity contribution is 6.30. The molecule has 0 aliphatic carbocycles. The molecule has 1 aromatic heterocycles. The zero-order valence-corrected chi connectivity index (χ0v) is 10.5. The first-order chi connectivity index (χ1) is 8.11. The number of aromatic nitrogens is 2. The van der Waals surface area contributed by atoms with Gasteiger partial charge in [-0.05, 0) is 31.5 Å². The van der Waals surface area contributed by atoms with Crippen molar-refractivity contribution in [3.8, 4) is 11.8 Å². The molecule has 3 nitrogen and oxygen atoms in total. The summed E-state index contributed by atoms with van der Waals surface area (Å²) < 4.78 is 1.78. The molecule has 1 heterocycles. The molecule has 86 valence electrons. The van der Waals surface area contributed by atoms with Crippen molar-refractivity contribution >= 4 is 11.6 Å². The van der Waals surface area contributed by atoms with Crippen LogP contribution in [0.2, 0.25) is 5.02 Å². The Morgan fingerprint density at radius 1 is 1.41 bits per heavy atom. The summed E-state index contributed by atoms with van der Waals surface area (Å²) >= 11 is 5.98. The van der Waals surface area contributed by atoms with Crippen LogP contribution in [0.5, 0.6) is 0 Å². The first kappa shape index (κ1) is 11.7. The van der Waals surface area contributed by atoms with Crippen molar-refractivity contribution < 1.29 is 0 Å². The molecule has 0 N–H and O–H groups in total. The predicted octanol–water partition coefficient (Wildman–Crippen LogP) is 3.21. The second-order valence-electron chi connectivity index (χ2n) is 3.95. The lowest BCUT2D eigenvalue weighted by molar-refractivity contribution is 0.856. The van der Waals surface area contributed by atoms with E-state index in [-0.39, 0.29) is 0 Å². The van der Waals surface area contributed by atoms with E-state index in [1.54, 1.807) is 4.68 Å². The molecule has 1 aromatic carbocycles. The van der Waals surface area contributed by atoms with E-state index in [4.69, 9.17) is 16.9 Å². The molecule has 0 saturated heterocycles. The van der Waals surface area contributed by atoms with Crippen molar-refractivity contribution in [2.45, 2.75) is 20.3 Å². The molecule has 2 aromatic rings. The van der Waals surface area contributed by atoms with Crippen LogP contribution in [0.4, 0.5) is 0 Å². The second kappa shape index (κ2) is 4.60. The fourth-order valence-corrected chi connectivity index (χ4v) is 1.87. The Balaban J connectivity index is 2.50. The first-order valence-corrected chi connectivity index (χ1v) is 5.68. The monoisotopic (exact) mass is 245 g/mol. The van der Waals surface area contributed by atoms with Crippen LogP contribution in [0.3, 0.4) is 0 Å². The van der Waals surface area contributed by atoms with Crippen molar-refractivity contribution in [1.29, 1.82) is 5.26 Å². The van der Waals surface area contributed by atoms with Crippen LogP contribution in [0.25, 0.3) is 5.69 Å². The van der Waals surface area contributed by atoms with Crippen LogP contribution in [-0.4, -0.2) is 9.78 Å². The SMILES string of the molecule is Cc1ccc(Cl)cc1-n1cc(CC#N)c(C)n1. The van der Waals surface area contributed by atoms with Gasteiger partial charge in [0, 0.05) is 16.8 Å². The first-order valence-electron chi connectivity index (χ1n) is 5.30. The molecule has 0 unspecified atom stereocenters. The third-order valence-corrected chi connectivity index (χ3v) is 2.92. The molecule has 2 rings (SSSR count). The number of rotatable bonds is 2. The quantitative estimate of drug-likeness (QED) is 0.815. The number of halogens is 1. The summed E-state index contributed by atoms with van der Waals surface area (Å²) in [6.07, 6.45) is 2.27. The summed E-state index contributed by atoms with van der Waals surface area (Å²) in [6.45, 7) is 3.91. The minimum atomic E-state index is 0.380. The summed E-state index contributed by atoms with van der Waals surface area (Å²) in [5.41, 5.74) is 3.88. The van der Waals surface area contributed by atoms with Crippen molar-refractivity contribution in [3.05, 3.63) is 46.2 Å². The summed E-state index contributed by atoms with van der Waals surface area (Å²) in [5.74, 6) is 0. The number of hydrogen-bond acceptors (Lipinski definition) is 2. The fourth-order valence-electron chi connectivity index (χ4n) is 1.71. The average molecular weight is 246 g/mol. The predicted molar refractivity (Wildman–Crippen MR) is 67.4 cm³/mol. The lowest BCUT2D eigenvalue weighted by Crippen LogP contribution is -1.97. The van der Waals surface area contributed by atoms with E-state index >= 15 is 0 Å². The normalized spacial score (nSPS) is 10.2. The Kier molecular flexibility index (Phi) is 3.16. The van der Waals surface area contributed by atoms with E-state index in [1.807, 2.05) is 38.2 Å². The molecule has 4 heteroatoms. The molecule has 0 aliphatic heterocycles. The Bertz CT molecular complexity index is 593. The van der Waals surface area contributed by atoms with Crippen LogP contribution in [0, 0.1) is 25.2 Å². The number of aryl methyl sites for hydroxylation is 2. The molecule has 0 fully saturated rings. The number of nitrogens with zero attached hydrogens (tertiary/aromatic N) is 3. The molecular weight excluding hydrogens is 234 g/mol. The molecule has 0 atom stereocenters. The highest BCUT2D eigenvalue weighted by Gasteiger charge is 2.08. The lowest BCUT2D eigenvalue weighted by Gasteiger charge is -2.05. The molecule has 0 saturated carbocycles. The van der Waals surface area contributed by atoms with E-state index in [0.717, 1.165) is 22.5 Å². The van der Waals surface area contributed by atoms with Crippen LogP contribution >= 0.6 is 11.6 Å². The summed E-state index contributed by atoms with van der Waals surface area (Å²) in [7, 11) is 0. The van der Waals surface area contributed by atoms with Crippen molar-refractivity contribution in [3.63, 3.8) is 0 Å². The Labute approximate surface area is 105 Å². The minimum Gasteiger partial charge on any atom is -0.240 e. The van der Waals surface area contributed by atoms with Gasteiger partial charge in [-0.1, -0.05) is 17.7 Å². The zero-order valence-electron chi connectivity index (χ0n) is 9.74. The van der Waals surface area contributed by atoms with Crippen molar-refractivity contribution in [2.24, 2.45) is 0 Å². The summed E-state index contributed by atoms with van der Waals surface area (Å²) in [4.78, 5) is 0. The largest absolute Gasteiger partial charge is 0.240 e. The minimum absolute atomic E-state index is 0.380. The summed E-state index contributed by atoms with van der Waals surface area (Å²) in [6, 6.07) is 7.82. The maximum atomic E-state index is 8.71. The van der Waals surface area contributed by atoms with E-state index in [9.17, 15) is 0 Å². The lowest BCUT2D eigenvalue weighted by atomic mass is 10.2. The van der Waals surface area contributed by atoms with E-state index in [1.165, 1.54) is 0 Å². The highest BCUT2D eigenvalue weighted by atomic mass is 35.5. The van der Waals surface area contributed by atoms with Gasteiger partial charge in [0.25, 0.3) is 0 Å². The molecule has 0 spiro atoms. The van der Waals surface area contributed by atoms with Crippen LogP contribution in [0.1, 0.15) is 16.8 Å². The zero-order chi connectivity index (χ0) is 12.4. The Morgan fingerprint density at radius 3 is 2.88 bits per heavy atom. The van der Waals surface area contributed by atoms with Gasteiger partial charge in [-0.25, -0.2) is 4.68 Å². The van der Waals surface area contributed by atoms with Crippen molar-refractivity contribution in [2.75, 3.05) is 0 Å². The van der Waals surface area contributed by atoms with Gasteiger partial charge in [-0.15, -0.1) is 0 Å². The van der Waals surface area contributed by atoms with Gasteiger partial charge in [0.1, 0.15) is 0 Å². The Hall–Kier alpha value is -1.79. The van der Waals surface area contributed by atoms with Gasteiger partial charge < -0.3 is 0 Å². The molecule has 0 radical (unpaired) electrons. The molecule has 0 aliphatic rings. The van der Waals surface area contributed by atoms with Gasteiger partial charge in [-0.3, -0.25) is 0 Å². The van der Waals surface area contributed by atoms with Gasteiger partial charge in [-0.2, -0.15) is 10.4 Å². The molecule has 0 bridgehead atoms. The third-order valence-electron chi connectivity index (χ3n) is 2.69. The standard InChI is InChI=1S/C13H12ClN3/c1-9-3-4-12(14)7-13(9)17-8-11(5-6-15)10(2)16-17/h3-4,7-8H,5H2,1-2H3. The van der Waals surface area contributed by atoms with Gasteiger partial charge in [0.2, 0.25) is 0 Å². The molecule has 0 amide bonds. The van der Waals surface area contributed by atoms with Crippen molar-refractivity contribution in [1.82, 2.24) is 9.78 Å². The van der Waals surface area contributed by atoms with Gasteiger partial charge in [0.15, 0.2) is 0 Å². The maximum Gasteiger partial charge on any atom is 0.0689 e. The number of benzene rings is 1. The van der Waals surface area contributed by atoms with E-state index < -0.39 is 0 Å². The van der Waals surface area contributed by atoms with Crippen LogP contribution in [0.15, 0.2) is 24.4 Å². The van der Waals surface area contributed by atoms with Gasteiger partial charge in [0.05, 0.1) is 23.9 Å². The smallest absolute Gasteiger partial charge is 0.0689 e. The topological polar surface area (TPSA) is 41.6 Å². The Morgan fingerprint density at radius 2 is 2.18 bits per heavy atom. The molecular formula is C13H12ClN3. The van der Waals surface area contributed by atoms with E-state index in [0.29, 0.717) is 11.4 Å². The number of nitriles is 1. The summed E-state index contributed by atoms with van der Waals surface area (Å²) in [5, 5.41) is 13.8. The molecule has 17 heavy (non-hydrogen) atoms. The van der Waals surface area contributed by atoms with Gasteiger partial charge >= 0.3 is 0 Å². The maximum absolute atomic E-state index is 8.71. The highest BCUT2D eigenvalue weighted by Crippen LogP contribution is 2.20. The van der Waals surface area contributed by atoms with Crippen LogP contribution < -0.4 is 0 Å². The second-order valence-corrected chi connectivity index (χ2v) is 4.39. The third kappa shape index (κ3) is 2.32. The fraction of sp³-hybridized carbons (Fsp3) is 0.231. The average Bonchev–Trinajstić information content (AvgIpc) is 2.64. The van der Waals surface area contributed by atoms with Crippen LogP contribution in [-0.2, 0) is 6.42 Å². The van der Waals surface area contributed by atoms with E-state index in [2.05, 4.69) is 11.2 Å².